The summed E-state index contributed by atoms with van der Waals surface area (Å²) in [6.07, 6.45) is 29.6. The van der Waals surface area contributed by atoms with Gasteiger partial charge in [0, 0.05) is 31.1 Å². The Morgan fingerprint density at radius 2 is 1.37 bits per heavy atom. The third-order valence-corrected chi connectivity index (χ3v) is 11.5. The third-order valence-electron chi connectivity index (χ3n) is 10.5. The molecule has 0 saturated heterocycles. The van der Waals surface area contributed by atoms with Gasteiger partial charge in [0.15, 0.2) is 6.10 Å². The molecule has 12 nitrogen and oxygen atoms in total. The Balaban J connectivity index is 2.50. The van der Waals surface area contributed by atoms with E-state index < -0.39 is 44.7 Å². The smallest absolute Gasteiger partial charge is 0.306 e. The number of unbranched alkanes of at least 4 members (excludes halogenated alkanes) is 14. The summed E-state index contributed by atoms with van der Waals surface area (Å²) in [6.45, 7) is 3.79. The summed E-state index contributed by atoms with van der Waals surface area (Å²) in [7, 11) is 1.01. The SMILES string of the molecule is CCCCCCCC/C=C\CCCCCCCC(=O)O[C@H](COC(=O)CCC/C=C\C[C@H]1C(=O)C[C@@H](O)[C@@H]1/C=C/[C@@H](O)CCCCC)COP(=O)([O-])OCC[N+](C)(C)C. The van der Waals surface area contributed by atoms with E-state index in [1.807, 2.05) is 33.3 Å². The molecule has 0 bridgehead atoms. The molecule has 2 N–H and O–H groups in total. The number of esters is 2. The fourth-order valence-corrected chi connectivity index (χ4v) is 7.53. The number of phosphoric acid groups is 1. The maximum absolute atomic E-state index is 12.7. The van der Waals surface area contributed by atoms with Crippen LogP contribution in [0.15, 0.2) is 36.5 Å². The van der Waals surface area contributed by atoms with Gasteiger partial charge in [-0.25, -0.2) is 0 Å². The number of likely N-dealkylation sites (N-methyl/N-ethyl adjacent to an activating group) is 1. The molecule has 0 amide bonds. The van der Waals surface area contributed by atoms with Crippen LogP contribution in [0.2, 0.25) is 0 Å². The van der Waals surface area contributed by atoms with Gasteiger partial charge in [-0.05, 0) is 57.8 Å². The third kappa shape index (κ3) is 30.5. The molecule has 1 saturated carbocycles. The highest BCUT2D eigenvalue weighted by molar-refractivity contribution is 7.45. The lowest BCUT2D eigenvalue weighted by Gasteiger charge is -2.28. The number of carbonyl (C=O) groups is 3. The monoisotopic (exact) mass is 856 g/mol. The number of nitrogens with zero attached hydrogens (tertiary/aromatic N) is 1. The maximum Gasteiger partial charge on any atom is 0.306 e. The molecular formula is C46H82NO11P. The summed E-state index contributed by atoms with van der Waals surface area (Å²) in [5, 5.41) is 20.7. The first kappa shape index (κ1) is 54.8. The zero-order chi connectivity index (χ0) is 43.8. The predicted octanol–water partition coefficient (Wildman–Crippen LogP) is 8.87. The largest absolute Gasteiger partial charge is 0.756 e. The van der Waals surface area contributed by atoms with Gasteiger partial charge < -0.3 is 38.1 Å². The van der Waals surface area contributed by atoms with Gasteiger partial charge in [-0.2, -0.15) is 0 Å². The van der Waals surface area contributed by atoms with Crippen LogP contribution >= 0.6 is 7.82 Å². The van der Waals surface area contributed by atoms with Gasteiger partial charge in [0.2, 0.25) is 0 Å². The minimum absolute atomic E-state index is 0.00295. The highest BCUT2D eigenvalue weighted by Crippen LogP contribution is 2.38. The van der Waals surface area contributed by atoms with E-state index in [1.165, 1.54) is 38.5 Å². The van der Waals surface area contributed by atoms with Crippen molar-refractivity contribution in [3.8, 4) is 0 Å². The number of phosphoric ester groups is 1. The van der Waals surface area contributed by atoms with Crippen molar-refractivity contribution in [2.45, 2.75) is 180 Å². The average molecular weight is 856 g/mol. The van der Waals surface area contributed by atoms with Crippen LogP contribution in [0.5, 0.6) is 0 Å². The van der Waals surface area contributed by atoms with Gasteiger partial charge in [0.05, 0.1) is 40.0 Å². The zero-order valence-corrected chi connectivity index (χ0v) is 38.3. The molecule has 0 aromatic rings. The summed E-state index contributed by atoms with van der Waals surface area (Å²) in [5.74, 6) is -1.76. The van der Waals surface area contributed by atoms with Gasteiger partial charge in [0.1, 0.15) is 25.5 Å². The number of carbonyl (C=O) groups excluding carboxylic acids is 3. The standard InChI is InChI=1S/C46H82NO11P/c1-6-8-10-11-12-13-14-15-16-17-18-19-20-21-27-31-46(52)58-40(38-57-59(53,54)56-35-34-47(3,4)5)37-55-45(51)30-26-23-22-25-29-41-42(44(50)36-43(41)49)33-32-39(48)28-24-9-7-2/h15-16,22,25,32-33,39-42,44,48,50H,6-14,17-21,23-24,26-31,34-38H2,1-5H3/b16-15-,25-22-,33-32+/t39-,40+,41+,42+,44+/m0/s1. The summed E-state index contributed by atoms with van der Waals surface area (Å²) in [6, 6.07) is 0. The number of ketones is 1. The summed E-state index contributed by atoms with van der Waals surface area (Å²) >= 11 is 0. The number of allylic oxidation sites excluding steroid dienone is 4. The first-order chi connectivity index (χ1) is 28.2. The van der Waals surface area contributed by atoms with E-state index >= 15 is 0 Å². The molecule has 0 heterocycles. The second-order valence-corrected chi connectivity index (χ2v) is 18.6. The van der Waals surface area contributed by atoms with Crippen molar-refractivity contribution in [1.82, 2.24) is 0 Å². The molecule has 0 radical (unpaired) electrons. The lowest BCUT2D eigenvalue weighted by atomic mass is 9.90. The Kier molecular flexibility index (Phi) is 31.1. The van der Waals surface area contributed by atoms with E-state index in [9.17, 15) is 34.1 Å². The molecule has 13 heteroatoms. The average Bonchev–Trinajstić information content (AvgIpc) is 3.44. The minimum atomic E-state index is -4.69. The quantitative estimate of drug-likeness (QED) is 0.0201. The number of aliphatic hydroxyl groups excluding tert-OH is 2. The Hall–Kier alpha value is -2.18. The van der Waals surface area contributed by atoms with Crippen molar-refractivity contribution in [3.05, 3.63) is 36.5 Å². The van der Waals surface area contributed by atoms with Crippen molar-refractivity contribution in [2.24, 2.45) is 11.8 Å². The Morgan fingerprint density at radius 3 is 2.03 bits per heavy atom. The van der Waals surface area contributed by atoms with Gasteiger partial charge in [0.25, 0.3) is 7.82 Å². The lowest BCUT2D eigenvalue weighted by Crippen LogP contribution is -2.37. The van der Waals surface area contributed by atoms with Crippen LogP contribution < -0.4 is 4.89 Å². The molecule has 1 aliphatic rings. The van der Waals surface area contributed by atoms with E-state index in [4.69, 9.17) is 18.5 Å². The maximum atomic E-state index is 12.7. The number of Topliss-reactive ketones (excluding diaryl/α,β-unsaturated/α-hetero) is 1. The molecule has 0 aromatic heterocycles. The molecule has 1 rings (SSSR count). The van der Waals surface area contributed by atoms with Crippen molar-refractivity contribution in [1.29, 1.82) is 0 Å². The highest BCUT2D eigenvalue weighted by atomic mass is 31.2. The Labute approximate surface area is 357 Å². The van der Waals surface area contributed by atoms with E-state index in [0.717, 1.165) is 57.8 Å². The van der Waals surface area contributed by atoms with E-state index in [1.54, 1.807) is 12.2 Å². The zero-order valence-electron chi connectivity index (χ0n) is 37.4. The number of aliphatic hydroxyl groups is 2. The van der Waals surface area contributed by atoms with Gasteiger partial charge >= 0.3 is 11.9 Å². The van der Waals surface area contributed by atoms with Crippen LogP contribution in [0, 0.1) is 11.8 Å². The molecule has 1 unspecified atom stereocenters. The van der Waals surface area contributed by atoms with Crippen LogP contribution in [0.25, 0.3) is 0 Å². The highest BCUT2D eigenvalue weighted by Gasteiger charge is 2.39. The number of quaternary nitrogens is 1. The van der Waals surface area contributed by atoms with Crippen molar-refractivity contribution >= 4 is 25.5 Å². The first-order valence-corrected chi connectivity index (χ1v) is 24.3. The molecule has 0 spiro atoms. The number of rotatable bonds is 37. The Bertz CT molecular complexity index is 1260. The normalized spacial score (nSPS) is 19.5. The molecule has 0 aliphatic heterocycles. The van der Waals surface area contributed by atoms with Crippen LogP contribution in [-0.2, 0) is 37.5 Å². The molecule has 342 valence electrons. The van der Waals surface area contributed by atoms with Gasteiger partial charge in [-0.3, -0.25) is 18.9 Å². The van der Waals surface area contributed by atoms with Crippen molar-refractivity contribution < 1.29 is 57.1 Å². The second-order valence-electron chi connectivity index (χ2n) is 17.2. The van der Waals surface area contributed by atoms with Crippen molar-refractivity contribution in [2.75, 3.05) is 47.5 Å². The molecule has 0 aromatic carbocycles. The van der Waals surface area contributed by atoms with E-state index in [2.05, 4.69) is 26.0 Å². The minimum Gasteiger partial charge on any atom is -0.756 e. The molecule has 1 aliphatic carbocycles. The second kappa shape index (κ2) is 33.4. The number of hydrogen-bond donors (Lipinski definition) is 2. The first-order valence-electron chi connectivity index (χ1n) is 22.8. The van der Waals surface area contributed by atoms with Crippen LogP contribution in [0.3, 0.4) is 0 Å². The lowest BCUT2D eigenvalue weighted by molar-refractivity contribution is -0.870. The van der Waals surface area contributed by atoms with E-state index in [-0.39, 0.29) is 50.1 Å². The number of ether oxygens (including phenoxy) is 2. The van der Waals surface area contributed by atoms with Crippen molar-refractivity contribution in [3.63, 3.8) is 0 Å². The molecular weight excluding hydrogens is 773 g/mol. The summed E-state index contributed by atoms with van der Waals surface area (Å²) < 4.78 is 33.8. The van der Waals surface area contributed by atoms with E-state index in [0.29, 0.717) is 43.1 Å². The number of hydrogen-bond acceptors (Lipinski definition) is 11. The van der Waals surface area contributed by atoms with Crippen LogP contribution in [0.1, 0.15) is 162 Å². The van der Waals surface area contributed by atoms with Gasteiger partial charge in [-0.1, -0.05) is 121 Å². The molecule has 59 heavy (non-hydrogen) atoms. The fraction of sp³-hybridized carbons (Fsp3) is 0.804. The fourth-order valence-electron chi connectivity index (χ4n) is 6.81. The van der Waals surface area contributed by atoms with Crippen LogP contribution in [0.4, 0.5) is 0 Å². The topological polar surface area (TPSA) is 169 Å². The summed E-state index contributed by atoms with van der Waals surface area (Å²) in [4.78, 5) is 50.3. The Morgan fingerprint density at radius 1 is 0.797 bits per heavy atom. The molecule has 1 fully saturated rings. The predicted molar refractivity (Wildman–Crippen MR) is 232 cm³/mol. The molecule has 6 atom stereocenters. The van der Waals surface area contributed by atoms with Gasteiger partial charge in [-0.15, -0.1) is 0 Å². The van der Waals surface area contributed by atoms with Crippen LogP contribution in [-0.4, -0.2) is 98.2 Å². The summed E-state index contributed by atoms with van der Waals surface area (Å²) in [5.41, 5.74) is 0.